The van der Waals surface area contributed by atoms with Crippen LogP contribution in [0.2, 0.25) is 0 Å². The van der Waals surface area contributed by atoms with Crippen LogP contribution in [0.1, 0.15) is 47.7 Å². The van der Waals surface area contributed by atoms with Gasteiger partial charge in [-0.2, -0.15) is 5.10 Å². The number of amides is 1. The van der Waals surface area contributed by atoms with E-state index >= 15 is 0 Å². The Labute approximate surface area is 157 Å². The largest absolute Gasteiger partial charge is 0.338 e. The number of aromatic nitrogens is 7. The molecule has 27 heavy (non-hydrogen) atoms. The molecule has 142 valence electrons. The van der Waals surface area contributed by atoms with Crippen molar-refractivity contribution in [2.24, 2.45) is 7.05 Å². The zero-order chi connectivity index (χ0) is 18.8. The second-order valence-corrected chi connectivity index (χ2v) is 6.94. The van der Waals surface area contributed by atoms with E-state index in [1.807, 2.05) is 40.4 Å². The van der Waals surface area contributed by atoms with Gasteiger partial charge in [0.1, 0.15) is 5.82 Å². The highest BCUT2D eigenvalue weighted by Crippen LogP contribution is 2.26. The number of carbonyl (C=O) groups excluding carboxylic acids is 1. The third kappa shape index (κ3) is 3.49. The van der Waals surface area contributed by atoms with Crippen molar-refractivity contribution in [2.45, 2.75) is 38.8 Å². The van der Waals surface area contributed by atoms with Crippen LogP contribution in [0.15, 0.2) is 31.1 Å². The monoisotopic (exact) mass is 368 g/mol. The summed E-state index contributed by atoms with van der Waals surface area (Å²) in [7, 11) is 1.99. The summed E-state index contributed by atoms with van der Waals surface area (Å²) in [5, 5.41) is 13.0. The highest BCUT2D eigenvalue weighted by molar-refractivity contribution is 5.93. The first-order chi connectivity index (χ1) is 13.2. The third-order valence-electron chi connectivity index (χ3n) is 5.16. The molecule has 1 fully saturated rings. The molecule has 0 bridgehead atoms. The fraction of sp³-hybridized carbons (Fsp3) is 0.500. The van der Waals surface area contributed by atoms with Crippen LogP contribution in [-0.2, 0) is 20.1 Å². The van der Waals surface area contributed by atoms with Gasteiger partial charge >= 0.3 is 0 Å². The van der Waals surface area contributed by atoms with Gasteiger partial charge in [0.05, 0.1) is 24.6 Å². The highest BCUT2D eigenvalue weighted by Gasteiger charge is 2.29. The van der Waals surface area contributed by atoms with E-state index < -0.39 is 0 Å². The van der Waals surface area contributed by atoms with Crippen LogP contribution in [0.25, 0.3) is 0 Å². The van der Waals surface area contributed by atoms with Gasteiger partial charge in [-0.15, -0.1) is 10.2 Å². The number of nitrogens with zero attached hydrogens (tertiary/aromatic N) is 8. The number of likely N-dealkylation sites (tertiary alicyclic amines) is 1. The molecule has 0 saturated carbocycles. The lowest BCUT2D eigenvalue weighted by Gasteiger charge is -2.32. The first kappa shape index (κ1) is 17.4. The first-order valence-electron chi connectivity index (χ1n) is 9.31. The van der Waals surface area contributed by atoms with E-state index in [0.717, 1.165) is 37.6 Å². The van der Waals surface area contributed by atoms with E-state index in [-0.39, 0.29) is 11.8 Å². The van der Waals surface area contributed by atoms with Crippen LogP contribution in [0, 0.1) is 0 Å². The van der Waals surface area contributed by atoms with Gasteiger partial charge in [-0.25, -0.2) is 4.98 Å². The molecule has 0 radical (unpaired) electrons. The normalized spacial score (nSPS) is 17.4. The smallest absolute Gasteiger partial charge is 0.257 e. The number of hydrogen-bond acceptors (Lipinski definition) is 5. The zero-order valence-corrected chi connectivity index (χ0v) is 15.7. The van der Waals surface area contributed by atoms with Crippen LogP contribution in [0.4, 0.5) is 0 Å². The molecule has 9 nitrogen and oxygen atoms in total. The van der Waals surface area contributed by atoms with Crippen molar-refractivity contribution in [3.8, 4) is 0 Å². The molecular formula is C18H24N8O. The number of carbonyl (C=O) groups is 1. The average molecular weight is 368 g/mol. The first-order valence-corrected chi connectivity index (χ1v) is 9.31. The fourth-order valence-corrected chi connectivity index (χ4v) is 3.61. The number of imidazole rings is 1. The van der Waals surface area contributed by atoms with E-state index in [9.17, 15) is 4.79 Å². The maximum atomic E-state index is 12.8. The zero-order valence-electron chi connectivity index (χ0n) is 15.7. The Kier molecular flexibility index (Phi) is 4.74. The molecule has 1 atom stereocenters. The van der Waals surface area contributed by atoms with Gasteiger partial charge in [0, 0.05) is 51.2 Å². The lowest BCUT2D eigenvalue weighted by atomic mass is 9.96. The molecule has 0 aliphatic carbocycles. The molecule has 9 heteroatoms. The Hall–Kier alpha value is -2.97. The van der Waals surface area contributed by atoms with Crippen molar-refractivity contribution in [3.05, 3.63) is 48.3 Å². The maximum absolute atomic E-state index is 12.8. The Morgan fingerprint density at radius 2 is 2.22 bits per heavy atom. The number of aryl methyl sites for hydroxylation is 1. The van der Waals surface area contributed by atoms with Crippen LogP contribution in [0.3, 0.4) is 0 Å². The summed E-state index contributed by atoms with van der Waals surface area (Å²) in [4.78, 5) is 18.8. The molecule has 3 aromatic rings. The molecule has 4 rings (SSSR count). The number of rotatable bonds is 5. The van der Waals surface area contributed by atoms with Crippen LogP contribution in [0.5, 0.6) is 0 Å². The summed E-state index contributed by atoms with van der Waals surface area (Å²) in [5.41, 5.74) is 0.649. The van der Waals surface area contributed by atoms with Gasteiger partial charge in [-0.3, -0.25) is 9.48 Å². The van der Waals surface area contributed by atoms with Gasteiger partial charge in [-0.1, -0.05) is 0 Å². The van der Waals surface area contributed by atoms with Crippen molar-refractivity contribution in [3.63, 3.8) is 0 Å². The van der Waals surface area contributed by atoms with Gasteiger partial charge in [0.25, 0.3) is 5.91 Å². The highest BCUT2D eigenvalue weighted by atomic mass is 16.2. The van der Waals surface area contributed by atoms with Crippen LogP contribution in [-0.4, -0.2) is 58.0 Å². The quantitative estimate of drug-likeness (QED) is 0.677. The Balaban J connectivity index is 1.48. The summed E-state index contributed by atoms with van der Waals surface area (Å²) in [6, 6.07) is 0. The van der Waals surface area contributed by atoms with Crippen LogP contribution < -0.4 is 0 Å². The van der Waals surface area contributed by atoms with Gasteiger partial charge < -0.3 is 14.0 Å². The standard InChI is InChI=1S/C18H24N8O/c1-3-26-11-15(9-20-26)18(27)25-7-4-5-14(10-25)17-22-21-16(23(17)2)12-24-8-6-19-13-24/h6,8-9,11,13-14H,3-5,7,10,12H2,1-2H3/t14-/m1/s1. The van der Waals surface area contributed by atoms with Crippen LogP contribution >= 0.6 is 0 Å². The lowest BCUT2D eigenvalue weighted by Crippen LogP contribution is -2.39. The predicted molar refractivity (Wildman–Crippen MR) is 98.1 cm³/mol. The number of piperidine rings is 1. The predicted octanol–water partition coefficient (Wildman–Crippen LogP) is 1.30. The average Bonchev–Trinajstić information content (AvgIpc) is 3.44. The maximum Gasteiger partial charge on any atom is 0.257 e. The second-order valence-electron chi connectivity index (χ2n) is 6.94. The second kappa shape index (κ2) is 7.34. The van der Waals surface area contributed by atoms with Gasteiger partial charge in [0.2, 0.25) is 0 Å². The summed E-state index contributed by atoms with van der Waals surface area (Å²) in [6.07, 6.45) is 10.9. The van der Waals surface area contributed by atoms with E-state index in [1.54, 1.807) is 23.4 Å². The summed E-state index contributed by atoms with van der Waals surface area (Å²) < 4.78 is 5.79. The molecule has 1 amide bonds. The Bertz CT molecular complexity index is 910. The topological polar surface area (TPSA) is 86.7 Å². The molecule has 3 aromatic heterocycles. The molecule has 1 saturated heterocycles. The van der Waals surface area contributed by atoms with E-state index in [0.29, 0.717) is 18.7 Å². The summed E-state index contributed by atoms with van der Waals surface area (Å²) in [5.74, 6) is 2.06. The van der Waals surface area contributed by atoms with E-state index in [4.69, 9.17) is 0 Å². The molecule has 4 heterocycles. The molecule has 0 spiro atoms. The summed E-state index contributed by atoms with van der Waals surface area (Å²) in [6.45, 7) is 4.83. The van der Waals surface area contributed by atoms with Crippen molar-refractivity contribution in [1.82, 2.24) is 39.0 Å². The lowest BCUT2D eigenvalue weighted by molar-refractivity contribution is 0.0703. The summed E-state index contributed by atoms with van der Waals surface area (Å²) >= 11 is 0. The van der Waals surface area contributed by atoms with E-state index in [1.165, 1.54) is 0 Å². The van der Waals surface area contributed by atoms with Crippen molar-refractivity contribution >= 4 is 5.91 Å². The minimum absolute atomic E-state index is 0.0419. The SMILES string of the molecule is CCn1cc(C(=O)N2CCC[C@@H](c3nnc(Cn4ccnc4)n3C)C2)cn1. The third-order valence-corrected chi connectivity index (χ3v) is 5.16. The molecule has 0 aromatic carbocycles. The Morgan fingerprint density at radius 1 is 1.33 bits per heavy atom. The fourth-order valence-electron chi connectivity index (χ4n) is 3.61. The van der Waals surface area contributed by atoms with E-state index in [2.05, 4.69) is 20.3 Å². The van der Waals surface area contributed by atoms with Gasteiger partial charge in [0.15, 0.2) is 5.82 Å². The molecule has 0 N–H and O–H groups in total. The molecule has 0 unspecified atom stereocenters. The van der Waals surface area contributed by atoms with Crippen molar-refractivity contribution in [1.29, 1.82) is 0 Å². The minimum atomic E-state index is 0.0419. The molecule has 1 aliphatic heterocycles. The molecular weight excluding hydrogens is 344 g/mol. The number of hydrogen-bond donors (Lipinski definition) is 0. The molecule has 1 aliphatic rings. The Morgan fingerprint density at radius 3 is 2.96 bits per heavy atom. The van der Waals surface area contributed by atoms with Crippen molar-refractivity contribution < 1.29 is 4.79 Å². The van der Waals surface area contributed by atoms with Crippen molar-refractivity contribution in [2.75, 3.05) is 13.1 Å². The minimum Gasteiger partial charge on any atom is -0.338 e. The van der Waals surface area contributed by atoms with Gasteiger partial charge in [-0.05, 0) is 19.8 Å².